The first-order valence-corrected chi connectivity index (χ1v) is 2.73. The first-order valence-electron chi connectivity index (χ1n) is 2.73. The van der Waals surface area contributed by atoms with E-state index >= 15 is 0 Å². The third kappa shape index (κ3) is 4.29. The zero-order valence-corrected chi connectivity index (χ0v) is 6.23. The molecule has 0 aliphatic heterocycles. The zero-order valence-electron chi connectivity index (χ0n) is 6.23. The second-order valence-electron chi connectivity index (χ2n) is 2.98. The molecule has 0 heterocycles. The Labute approximate surface area is 56.0 Å². The molecular weight excluding hydrogens is 93.7 g/mol. The molecule has 0 aliphatic rings. The fraction of sp³-hybridized carbons (Fsp3) is 1.00. The molecule has 0 atom stereocenters. The van der Waals surface area contributed by atoms with E-state index in [1.807, 2.05) is 13.8 Å². The van der Waals surface area contributed by atoms with E-state index in [1.54, 1.807) is 0 Å². The average Bonchev–Trinajstić information content (AvgIpc) is 1.31. The van der Waals surface area contributed by atoms with Gasteiger partial charge in [-0.05, 0) is 5.92 Å². The number of hydrogen-bond donors (Lipinski definition) is 0. The molecule has 0 fully saturated rings. The SMILES string of the molecule is [B].[B]C(C)(C)C(C)C. The predicted molar refractivity (Wildman–Crippen MR) is 40.4 cm³/mol. The van der Waals surface area contributed by atoms with Crippen molar-refractivity contribution in [2.45, 2.75) is 33.0 Å². The molecule has 0 amide bonds. The van der Waals surface area contributed by atoms with Gasteiger partial charge >= 0.3 is 0 Å². The Morgan fingerprint density at radius 3 is 1.38 bits per heavy atom. The Bertz CT molecular complexity index is 52.0. The summed E-state index contributed by atoms with van der Waals surface area (Å²) >= 11 is 0. The van der Waals surface area contributed by atoms with Crippen LogP contribution in [0, 0.1) is 5.92 Å². The summed E-state index contributed by atoms with van der Waals surface area (Å²) in [6.45, 7) is 8.33. The Kier molecular flexibility index (Phi) is 4.42. The Hall–Kier alpha value is 0.130. The lowest BCUT2D eigenvalue weighted by Crippen LogP contribution is -2.09. The second kappa shape index (κ2) is 3.21. The highest BCUT2D eigenvalue weighted by molar-refractivity contribution is 6.14. The van der Waals surface area contributed by atoms with Crippen molar-refractivity contribution < 1.29 is 0 Å². The van der Waals surface area contributed by atoms with Crippen molar-refractivity contribution in [2.75, 3.05) is 0 Å². The Morgan fingerprint density at radius 2 is 1.38 bits per heavy atom. The van der Waals surface area contributed by atoms with Crippen LogP contribution in [0.15, 0.2) is 0 Å². The molecule has 0 aromatic rings. The van der Waals surface area contributed by atoms with E-state index in [4.69, 9.17) is 7.85 Å². The normalized spacial score (nSPS) is 11.1. The van der Waals surface area contributed by atoms with E-state index in [0.717, 1.165) is 0 Å². The van der Waals surface area contributed by atoms with Crippen LogP contribution >= 0.6 is 0 Å². The first-order chi connectivity index (χ1) is 2.94. The molecule has 2 heteroatoms. The highest BCUT2D eigenvalue weighted by Gasteiger charge is 2.13. The molecule has 0 aromatic heterocycles. The molecule has 0 nitrogen and oxygen atoms in total. The van der Waals surface area contributed by atoms with E-state index in [-0.39, 0.29) is 13.7 Å². The lowest BCUT2D eigenvalue weighted by molar-refractivity contribution is 0.480. The van der Waals surface area contributed by atoms with Gasteiger partial charge in [-0.2, -0.15) is 0 Å². The Morgan fingerprint density at radius 1 is 1.25 bits per heavy atom. The summed E-state index contributed by atoms with van der Waals surface area (Å²) in [6.07, 6.45) is 0. The van der Waals surface area contributed by atoms with Crippen molar-refractivity contribution >= 4 is 16.3 Å². The van der Waals surface area contributed by atoms with Crippen molar-refractivity contribution in [2.24, 2.45) is 5.92 Å². The molecule has 5 radical (unpaired) electrons. The highest BCUT2D eigenvalue weighted by atomic mass is 14.1. The van der Waals surface area contributed by atoms with Gasteiger partial charge in [-0.15, -0.1) is 0 Å². The van der Waals surface area contributed by atoms with Gasteiger partial charge < -0.3 is 0 Å². The minimum absolute atomic E-state index is 0. The van der Waals surface area contributed by atoms with Crippen molar-refractivity contribution in [3.63, 3.8) is 0 Å². The van der Waals surface area contributed by atoms with E-state index in [1.165, 1.54) is 0 Å². The van der Waals surface area contributed by atoms with Crippen molar-refractivity contribution in [1.82, 2.24) is 0 Å². The van der Waals surface area contributed by atoms with Gasteiger partial charge in [0.05, 0.1) is 7.85 Å². The molecule has 43 valence electrons. The van der Waals surface area contributed by atoms with Crippen LogP contribution in [0.4, 0.5) is 0 Å². The standard InChI is InChI=1S/C6H13B.B/c1-5(2)6(3,4)7;/h5H,1-4H3;. The Balaban J connectivity index is 0. The van der Waals surface area contributed by atoms with E-state index in [9.17, 15) is 0 Å². The highest BCUT2D eigenvalue weighted by Crippen LogP contribution is 2.28. The summed E-state index contributed by atoms with van der Waals surface area (Å²) in [5.74, 6) is 0.576. The second-order valence-corrected chi connectivity index (χ2v) is 2.98. The summed E-state index contributed by atoms with van der Waals surface area (Å²) < 4.78 is 0. The van der Waals surface area contributed by atoms with Crippen LogP contribution in [0.25, 0.3) is 0 Å². The molecule has 0 spiro atoms. The number of hydrogen-bond acceptors (Lipinski definition) is 0. The van der Waals surface area contributed by atoms with Gasteiger partial charge in [0.15, 0.2) is 0 Å². The van der Waals surface area contributed by atoms with Gasteiger partial charge in [0, 0.05) is 8.41 Å². The van der Waals surface area contributed by atoms with E-state index in [2.05, 4.69) is 13.8 Å². The third-order valence-electron chi connectivity index (χ3n) is 1.49. The van der Waals surface area contributed by atoms with Gasteiger partial charge in [0.2, 0.25) is 0 Å². The van der Waals surface area contributed by atoms with Crippen LogP contribution in [0.5, 0.6) is 0 Å². The number of rotatable bonds is 1. The van der Waals surface area contributed by atoms with Crippen LogP contribution in [-0.2, 0) is 0 Å². The molecule has 0 saturated heterocycles. The van der Waals surface area contributed by atoms with Crippen LogP contribution in [0.2, 0.25) is 5.31 Å². The maximum atomic E-state index is 5.68. The zero-order chi connectivity index (χ0) is 6.08. The minimum Gasteiger partial charge on any atom is -0.0694 e. The average molecular weight is 107 g/mol. The summed E-state index contributed by atoms with van der Waals surface area (Å²) in [6, 6.07) is 0. The largest absolute Gasteiger partial charge is 0.0742 e. The van der Waals surface area contributed by atoms with Crippen molar-refractivity contribution in [3.8, 4) is 0 Å². The minimum atomic E-state index is 0. The summed E-state index contributed by atoms with van der Waals surface area (Å²) in [5, 5.41) is 0.000000000000000222. The molecule has 0 saturated carbocycles. The lowest BCUT2D eigenvalue weighted by atomic mass is 9.65. The molecule has 0 aliphatic carbocycles. The lowest BCUT2D eigenvalue weighted by Gasteiger charge is -2.23. The third-order valence-corrected chi connectivity index (χ3v) is 1.49. The fourth-order valence-electron chi connectivity index (χ4n) is 0. The molecule has 8 heavy (non-hydrogen) atoms. The maximum Gasteiger partial charge on any atom is 0.0742 e. The molecule has 0 rings (SSSR count). The summed E-state index contributed by atoms with van der Waals surface area (Å²) in [7, 11) is 5.68. The first kappa shape index (κ1) is 11.0. The monoisotopic (exact) mass is 107 g/mol. The molecule has 0 N–H and O–H groups in total. The van der Waals surface area contributed by atoms with E-state index < -0.39 is 0 Å². The molecule has 0 unspecified atom stereocenters. The smallest absolute Gasteiger partial charge is 0.0694 e. The topological polar surface area (TPSA) is 0 Å². The summed E-state index contributed by atoms with van der Waals surface area (Å²) in [4.78, 5) is 0. The van der Waals surface area contributed by atoms with Crippen molar-refractivity contribution in [3.05, 3.63) is 0 Å². The molecule has 0 aromatic carbocycles. The van der Waals surface area contributed by atoms with Crippen LogP contribution < -0.4 is 0 Å². The van der Waals surface area contributed by atoms with E-state index in [0.29, 0.717) is 5.92 Å². The van der Waals surface area contributed by atoms with Crippen LogP contribution in [0.1, 0.15) is 27.7 Å². The fourth-order valence-corrected chi connectivity index (χ4v) is 0. The molecule has 0 bridgehead atoms. The van der Waals surface area contributed by atoms with Gasteiger partial charge in [-0.25, -0.2) is 0 Å². The van der Waals surface area contributed by atoms with Gasteiger partial charge in [0.25, 0.3) is 0 Å². The maximum absolute atomic E-state index is 5.68. The van der Waals surface area contributed by atoms with Gasteiger partial charge in [0.1, 0.15) is 0 Å². The van der Waals surface area contributed by atoms with Gasteiger partial charge in [-0.3, -0.25) is 0 Å². The van der Waals surface area contributed by atoms with Gasteiger partial charge in [-0.1, -0.05) is 33.0 Å². The predicted octanol–water partition coefficient (Wildman–Crippen LogP) is 1.63. The quantitative estimate of drug-likeness (QED) is 0.446. The van der Waals surface area contributed by atoms with Crippen molar-refractivity contribution in [1.29, 1.82) is 0 Å². The summed E-state index contributed by atoms with van der Waals surface area (Å²) in [5.41, 5.74) is 0. The van der Waals surface area contributed by atoms with Crippen LogP contribution in [-0.4, -0.2) is 16.3 Å². The molecular formula is C6H13B2. The van der Waals surface area contributed by atoms with Crippen LogP contribution in [0.3, 0.4) is 0 Å².